The van der Waals surface area contributed by atoms with E-state index >= 15 is 4.39 Å². The molecule has 0 saturated carbocycles. The summed E-state index contributed by atoms with van der Waals surface area (Å²) in [6.45, 7) is 3.73. The first-order chi connectivity index (χ1) is 17.7. The number of hydrogen-bond acceptors (Lipinski definition) is 1. The number of hydrogen-bond donors (Lipinski definition) is 0. The number of aryl methyl sites for hydroxylation is 3. The molecule has 0 heterocycles. The van der Waals surface area contributed by atoms with E-state index in [2.05, 4.69) is 23.2 Å². The molecule has 0 atom stereocenters. The van der Waals surface area contributed by atoms with Gasteiger partial charge in [-0.05, 0) is 84.2 Å². The number of allylic oxidation sites excluding steroid dienone is 1. The Bertz CT molecular complexity index is 1470. The summed E-state index contributed by atoms with van der Waals surface area (Å²) >= 11 is 0. The van der Waals surface area contributed by atoms with E-state index in [1.807, 2.05) is 36.4 Å². The maximum atomic E-state index is 15.1. The average Bonchev–Trinajstić information content (AvgIpc) is 2.87. The molecule has 0 unspecified atom stereocenters. The topological polar surface area (TPSA) is 9.23 Å². The summed E-state index contributed by atoms with van der Waals surface area (Å²) in [5.74, 6) is 3.84. The molecule has 1 nitrogen and oxygen atoms in total. The fraction of sp³-hybridized carbons (Fsp3) is 0.161. The summed E-state index contributed by atoms with van der Waals surface area (Å²) in [4.78, 5) is 0. The van der Waals surface area contributed by atoms with Crippen LogP contribution in [0, 0.1) is 23.5 Å². The van der Waals surface area contributed by atoms with Crippen LogP contribution in [0.25, 0.3) is 10.8 Å². The third-order valence-electron chi connectivity index (χ3n) is 5.88. The summed E-state index contributed by atoms with van der Waals surface area (Å²) < 4.78 is 69.7. The third kappa shape index (κ3) is 6.98. The second kappa shape index (κ2) is 11.3. The standard InChI is InChI=1S/C31H23F5O/c1-2-3-4-21-5-7-22(8-6-21)9-10-23-12-17-27-26(19-23)16-15-25(30(27)33)14-11-24-13-18-29(28(32)20-24)37-31(34,35)36/h2,5-8,12-13,15-20H,1,3-4,11,14H2. The Kier molecular flexibility index (Phi) is 7.93. The molecule has 37 heavy (non-hydrogen) atoms. The first kappa shape index (κ1) is 26.0. The zero-order chi connectivity index (χ0) is 26.4. The first-order valence-electron chi connectivity index (χ1n) is 11.7. The molecule has 0 bridgehead atoms. The Morgan fingerprint density at radius 1 is 0.757 bits per heavy atom. The molecule has 0 aliphatic carbocycles. The molecule has 0 saturated heterocycles. The van der Waals surface area contributed by atoms with Crippen LogP contribution in [0.4, 0.5) is 22.0 Å². The molecule has 0 fully saturated rings. The quantitative estimate of drug-likeness (QED) is 0.139. The minimum atomic E-state index is -4.97. The lowest BCUT2D eigenvalue weighted by atomic mass is 9.99. The molecular weight excluding hydrogens is 483 g/mol. The summed E-state index contributed by atoms with van der Waals surface area (Å²) in [5.41, 5.74) is 3.73. The second-order valence-corrected chi connectivity index (χ2v) is 8.56. The van der Waals surface area contributed by atoms with Gasteiger partial charge in [0.25, 0.3) is 0 Å². The van der Waals surface area contributed by atoms with Crippen molar-refractivity contribution in [3.63, 3.8) is 0 Å². The highest BCUT2D eigenvalue weighted by atomic mass is 19.4. The molecule has 4 aromatic carbocycles. The van der Waals surface area contributed by atoms with E-state index in [-0.39, 0.29) is 18.7 Å². The molecular formula is C31H23F5O. The van der Waals surface area contributed by atoms with Crippen molar-refractivity contribution >= 4 is 10.8 Å². The minimum Gasteiger partial charge on any atom is -0.403 e. The lowest BCUT2D eigenvalue weighted by molar-refractivity contribution is -0.275. The van der Waals surface area contributed by atoms with Crippen molar-refractivity contribution in [1.29, 1.82) is 0 Å². The largest absolute Gasteiger partial charge is 0.573 e. The van der Waals surface area contributed by atoms with Gasteiger partial charge in [0.05, 0.1) is 0 Å². The summed E-state index contributed by atoms with van der Waals surface area (Å²) in [6, 6.07) is 20.0. The molecule has 0 aliphatic heterocycles. The van der Waals surface area contributed by atoms with E-state index in [9.17, 15) is 17.6 Å². The predicted octanol–water partition coefficient (Wildman–Crippen LogP) is 8.32. The van der Waals surface area contributed by atoms with Gasteiger partial charge in [0.1, 0.15) is 5.82 Å². The van der Waals surface area contributed by atoms with Crippen LogP contribution in [0.2, 0.25) is 0 Å². The maximum absolute atomic E-state index is 15.1. The lowest BCUT2D eigenvalue weighted by Gasteiger charge is -2.11. The zero-order valence-electron chi connectivity index (χ0n) is 19.8. The summed E-state index contributed by atoms with van der Waals surface area (Å²) in [6.07, 6.45) is -0.715. The highest BCUT2D eigenvalue weighted by Crippen LogP contribution is 2.27. The second-order valence-electron chi connectivity index (χ2n) is 8.56. The lowest BCUT2D eigenvalue weighted by Crippen LogP contribution is -2.18. The van der Waals surface area contributed by atoms with Gasteiger partial charge in [-0.1, -0.05) is 54.3 Å². The van der Waals surface area contributed by atoms with Crippen molar-refractivity contribution in [2.24, 2.45) is 0 Å². The van der Waals surface area contributed by atoms with Crippen LogP contribution in [-0.4, -0.2) is 6.36 Å². The van der Waals surface area contributed by atoms with Gasteiger partial charge in [0.2, 0.25) is 0 Å². The van der Waals surface area contributed by atoms with E-state index in [1.54, 1.807) is 24.3 Å². The van der Waals surface area contributed by atoms with Crippen molar-refractivity contribution in [3.05, 3.63) is 125 Å². The molecule has 0 N–H and O–H groups in total. The number of halogens is 5. The molecule has 4 rings (SSSR count). The van der Waals surface area contributed by atoms with Crippen LogP contribution in [-0.2, 0) is 19.3 Å². The Morgan fingerprint density at radius 3 is 2.16 bits per heavy atom. The Hall–Kier alpha value is -4.11. The van der Waals surface area contributed by atoms with Gasteiger partial charge in [0.15, 0.2) is 11.6 Å². The van der Waals surface area contributed by atoms with Crippen molar-refractivity contribution < 1.29 is 26.7 Å². The Balaban J connectivity index is 1.45. The van der Waals surface area contributed by atoms with Gasteiger partial charge in [-0.25, -0.2) is 8.78 Å². The molecule has 0 aromatic heterocycles. The monoisotopic (exact) mass is 506 g/mol. The highest BCUT2D eigenvalue weighted by Gasteiger charge is 2.32. The van der Waals surface area contributed by atoms with Gasteiger partial charge in [0, 0.05) is 16.5 Å². The summed E-state index contributed by atoms with van der Waals surface area (Å²) in [7, 11) is 0. The van der Waals surface area contributed by atoms with Gasteiger partial charge in [-0.15, -0.1) is 19.8 Å². The first-order valence-corrected chi connectivity index (χ1v) is 11.7. The van der Waals surface area contributed by atoms with Crippen molar-refractivity contribution in [2.75, 3.05) is 0 Å². The predicted molar refractivity (Wildman–Crippen MR) is 135 cm³/mol. The smallest absolute Gasteiger partial charge is 0.403 e. The normalized spacial score (nSPS) is 11.2. The number of fused-ring (bicyclic) bond motifs is 1. The SMILES string of the molecule is C=CCCc1ccc(C#Cc2ccc3c(F)c(CCc4ccc(OC(F)(F)F)c(F)c4)ccc3c2)cc1. The fourth-order valence-electron chi connectivity index (χ4n) is 3.96. The van der Waals surface area contributed by atoms with Crippen molar-refractivity contribution in [1.82, 2.24) is 0 Å². The third-order valence-corrected chi connectivity index (χ3v) is 5.88. The molecule has 0 aliphatic rings. The van der Waals surface area contributed by atoms with Gasteiger partial charge in [-0.3, -0.25) is 0 Å². The average molecular weight is 507 g/mol. The van der Waals surface area contributed by atoms with Crippen LogP contribution in [0.5, 0.6) is 5.75 Å². The van der Waals surface area contributed by atoms with E-state index in [0.29, 0.717) is 21.9 Å². The number of rotatable bonds is 7. The van der Waals surface area contributed by atoms with E-state index in [1.165, 1.54) is 11.6 Å². The van der Waals surface area contributed by atoms with Gasteiger partial charge in [-0.2, -0.15) is 0 Å². The minimum absolute atomic E-state index is 0.252. The molecule has 0 radical (unpaired) electrons. The highest BCUT2D eigenvalue weighted by molar-refractivity contribution is 5.85. The van der Waals surface area contributed by atoms with Gasteiger partial charge < -0.3 is 4.74 Å². The fourth-order valence-corrected chi connectivity index (χ4v) is 3.96. The van der Waals surface area contributed by atoms with E-state index < -0.39 is 17.9 Å². The van der Waals surface area contributed by atoms with Crippen LogP contribution >= 0.6 is 0 Å². The van der Waals surface area contributed by atoms with E-state index in [0.717, 1.165) is 36.1 Å². The van der Waals surface area contributed by atoms with Crippen molar-refractivity contribution in [3.8, 4) is 17.6 Å². The molecule has 4 aromatic rings. The molecule has 188 valence electrons. The molecule has 6 heteroatoms. The Labute approximate surface area is 212 Å². The molecule has 0 spiro atoms. The van der Waals surface area contributed by atoms with E-state index in [4.69, 9.17) is 0 Å². The van der Waals surface area contributed by atoms with Crippen LogP contribution in [0.15, 0.2) is 85.5 Å². The zero-order valence-corrected chi connectivity index (χ0v) is 19.8. The van der Waals surface area contributed by atoms with Crippen molar-refractivity contribution in [2.45, 2.75) is 32.0 Å². The van der Waals surface area contributed by atoms with Crippen LogP contribution in [0.1, 0.15) is 34.2 Å². The van der Waals surface area contributed by atoms with Crippen LogP contribution < -0.4 is 4.74 Å². The molecule has 0 amide bonds. The number of ether oxygens (including phenoxy) is 1. The number of alkyl halides is 3. The summed E-state index contributed by atoms with van der Waals surface area (Å²) in [5, 5.41) is 1.14. The van der Waals surface area contributed by atoms with Gasteiger partial charge >= 0.3 is 6.36 Å². The Morgan fingerprint density at radius 2 is 1.46 bits per heavy atom. The van der Waals surface area contributed by atoms with Crippen LogP contribution in [0.3, 0.4) is 0 Å². The maximum Gasteiger partial charge on any atom is 0.573 e. The number of benzene rings is 4.